The summed E-state index contributed by atoms with van der Waals surface area (Å²) in [6.07, 6.45) is 0. The van der Waals surface area contributed by atoms with Crippen LogP contribution in [0.4, 0.5) is 0 Å². The minimum Gasteiger partial charge on any atom is -0.482 e. The number of carbonyl (C=O) groups excluding carboxylic acids is 1. The number of aryl methyl sites for hydroxylation is 3. The number of hydrogen-bond acceptors (Lipinski definition) is 7. The third-order valence-corrected chi connectivity index (χ3v) is 5.69. The molecule has 0 radical (unpaired) electrons. The summed E-state index contributed by atoms with van der Waals surface area (Å²) in [6, 6.07) is 23.5. The molecule has 7 nitrogen and oxygen atoms in total. The fraction of sp³-hybridized carbons (Fsp3) is 0.233. The van der Waals surface area contributed by atoms with Gasteiger partial charge in [0.1, 0.15) is 22.9 Å². The van der Waals surface area contributed by atoms with E-state index in [9.17, 15) is 4.79 Å². The number of oxazole rings is 1. The molecule has 1 aromatic heterocycles. The highest BCUT2D eigenvalue weighted by molar-refractivity contribution is 6.12. The Labute approximate surface area is 216 Å². The van der Waals surface area contributed by atoms with Gasteiger partial charge in [-0.05, 0) is 63.6 Å². The van der Waals surface area contributed by atoms with Gasteiger partial charge in [-0.25, -0.2) is 9.78 Å². The van der Waals surface area contributed by atoms with Crippen LogP contribution in [-0.2, 0) is 21.0 Å². The molecule has 0 bridgehead atoms. The first kappa shape index (κ1) is 25.7. The zero-order chi connectivity index (χ0) is 26.2. The van der Waals surface area contributed by atoms with Crippen LogP contribution in [0.5, 0.6) is 5.75 Å². The van der Waals surface area contributed by atoms with Gasteiger partial charge in [-0.2, -0.15) is 0 Å². The molecule has 0 amide bonds. The number of rotatable bonds is 10. The molecule has 0 saturated carbocycles. The van der Waals surface area contributed by atoms with Crippen LogP contribution in [0.2, 0.25) is 0 Å². The van der Waals surface area contributed by atoms with E-state index >= 15 is 0 Å². The van der Waals surface area contributed by atoms with Gasteiger partial charge in [0.05, 0.1) is 6.61 Å². The van der Waals surface area contributed by atoms with Crippen molar-refractivity contribution in [2.75, 3.05) is 13.2 Å². The van der Waals surface area contributed by atoms with Crippen LogP contribution in [0.3, 0.4) is 0 Å². The first-order valence-corrected chi connectivity index (χ1v) is 12.1. The Balaban J connectivity index is 1.53. The van der Waals surface area contributed by atoms with E-state index in [2.05, 4.69) is 10.1 Å². The summed E-state index contributed by atoms with van der Waals surface area (Å²) in [5.41, 5.74) is 6.05. The minimum absolute atomic E-state index is 0.140. The lowest BCUT2D eigenvalue weighted by molar-refractivity contribution is -0.145. The summed E-state index contributed by atoms with van der Waals surface area (Å²) in [7, 11) is 0. The molecule has 1 heterocycles. The van der Waals surface area contributed by atoms with Gasteiger partial charge in [0.25, 0.3) is 0 Å². The smallest absolute Gasteiger partial charge is 0.344 e. The van der Waals surface area contributed by atoms with Crippen LogP contribution in [0.1, 0.15) is 40.6 Å². The summed E-state index contributed by atoms with van der Waals surface area (Å²) in [6.45, 7) is 7.92. The quantitative estimate of drug-likeness (QED) is 0.148. The number of carbonyl (C=O) groups is 1. The standard InChI is InChI=1S/C30H30N2O5/c1-5-34-28(33)19-35-27-16-15-25(17-21(27)3)29(23-9-7-6-8-10-23)32-36-18-26-22(4)37-30(31-26)24-13-11-20(2)12-14-24/h6-17H,5,18-19H2,1-4H3. The summed E-state index contributed by atoms with van der Waals surface area (Å²) < 4.78 is 16.4. The second kappa shape index (κ2) is 12.0. The molecule has 190 valence electrons. The third kappa shape index (κ3) is 6.64. The second-order valence-electron chi connectivity index (χ2n) is 8.54. The van der Waals surface area contributed by atoms with E-state index < -0.39 is 5.97 Å². The molecule has 0 spiro atoms. The highest BCUT2D eigenvalue weighted by Crippen LogP contribution is 2.24. The van der Waals surface area contributed by atoms with E-state index in [0.29, 0.717) is 35.4 Å². The lowest BCUT2D eigenvalue weighted by atomic mass is 10.0. The van der Waals surface area contributed by atoms with Crippen molar-refractivity contribution in [2.24, 2.45) is 5.16 Å². The first-order valence-electron chi connectivity index (χ1n) is 12.1. The average molecular weight is 499 g/mol. The minimum atomic E-state index is -0.403. The summed E-state index contributed by atoms with van der Waals surface area (Å²) in [5.74, 6) is 1.44. The van der Waals surface area contributed by atoms with Crippen molar-refractivity contribution in [1.29, 1.82) is 0 Å². The normalized spacial score (nSPS) is 11.3. The monoisotopic (exact) mass is 498 g/mol. The van der Waals surface area contributed by atoms with Crippen LogP contribution in [0.25, 0.3) is 11.5 Å². The fourth-order valence-electron chi connectivity index (χ4n) is 3.71. The van der Waals surface area contributed by atoms with Gasteiger partial charge in [-0.3, -0.25) is 0 Å². The van der Waals surface area contributed by atoms with Crippen LogP contribution < -0.4 is 4.74 Å². The number of nitrogens with zero attached hydrogens (tertiary/aromatic N) is 2. The van der Waals surface area contributed by atoms with Crippen molar-refractivity contribution in [3.8, 4) is 17.2 Å². The molecule has 7 heteroatoms. The van der Waals surface area contributed by atoms with E-state index in [1.165, 1.54) is 5.56 Å². The maximum absolute atomic E-state index is 11.6. The maximum atomic E-state index is 11.6. The topological polar surface area (TPSA) is 83.2 Å². The predicted molar refractivity (Wildman–Crippen MR) is 142 cm³/mol. The lowest BCUT2D eigenvalue weighted by Gasteiger charge is -2.12. The van der Waals surface area contributed by atoms with Gasteiger partial charge in [-0.15, -0.1) is 0 Å². The van der Waals surface area contributed by atoms with Crippen LogP contribution in [-0.4, -0.2) is 29.9 Å². The molecule has 0 N–H and O–H groups in total. The molecule has 0 unspecified atom stereocenters. The maximum Gasteiger partial charge on any atom is 0.344 e. The molecule has 37 heavy (non-hydrogen) atoms. The molecular weight excluding hydrogens is 468 g/mol. The molecule has 0 aliphatic carbocycles. The first-order chi connectivity index (χ1) is 17.9. The van der Waals surface area contributed by atoms with Gasteiger partial charge in [0.2, 0.25) is 5.89 Å². The van der Waals surface area contributed by atoms with Crippen LogP contribution in [0.15, 0.2) is 82.4 Å². The Morgan fingerprint density at radius 1 is 0.946 bits per heavy atom. The van der Waals surface area contributed by atoms with Crippen molar-refractivity contribution < 1.29 is 23.5 Å². The van der Waals surface area contributed by atoms with Crippen molar-refractivity contribution in [2.45, 2.75) is 34.3 Å². The highest BCUT2D eigenvalue weighted by atomic mass is 16.6. The van der Waals surface area contributed by atoms with Crippen LogP contribution in [0, 0.1) is 20.8 Å². The Morgan fingerprint density at radius 3 is 2.41 bits per heavy atom. The van der Waals surface area contributed by atoms with Crippen molar-refractivity contribution in [3.05, 3.63) is 107 Å². The highest BCUT2D eigenvalue weighted by Gasteiger charge is 2.14. The number of ether oxygens (including phenoxy) is 2. The Morgan fingerprint density at radius 2 is 1.70 bits per heavy atom. The Hall–Kier alpha value is -4.39. The van der Waals surface area contributed by atoms with E-state index in [1.807, 2.05) is 93.6 Å². The van der Waals surface area contributed by atoms with Crippen molar-refractivity contribution in [3.63, 3.8) is 0 Å². The molecule has 0 atom stereocenters. The van der Waals surface area contributed by atoms with Crippen LogP contribution >= 0.6 is 0 Å². The van der Waals surface area contributed by atoms with E-state index in [0.717, 1.165) is 22.3 Å². The lowest BCUT2D eigenvalue weighted by Crippen LogP contribution is -2.15. The SMILES string of the molecule is CCOC(=O)COc1ccc(C(=NOCc2nc(-c3ccc(C)cc3)oc2C)c2ccccc2)cc1C. The molecule has 0 aliphatic heterocycles. The zero-order valence-electron chi connectivity index (χ0n) is 21.5. The van der Waals surface area contributed by atoms with E-state index in [-0.39, 0.29) is 13.2 Å². The van der Waals surface area contributed by atoms with Gasteiger partial charge in [-0.1, -0.05) is 53.2 Å². The number of oxime groups is 1. The van der Waals surface area contributed by atoms with E-state index in [4.69, 9.17) is 18.7 Å². The van der Waals surface area contributed by atoms with E-state index in [1.54, 1.807) is 6.92 Å². The van der Waals surface area contributed by atoms with Gasteiger partial charge in [0.15, 0.2) is 13.2 Å². The number of esters is 1. The molecule has 4 rings (SSSR count). The molecule has 0 saturated heterocycles. The number of benzene rings is 3. The molecular formula is C30H30N2O5. The summed E-state index contributed by atoms with van der Waals surface area (Å²) >= 11 is 0. The predicted octanol–water partition coefficient (Wildman–Crippen LogP) is 6.18. The number of aromatic nitrogens is 1. The largest absolute Gasteiger partial charge is 0.482 e. The van der Waals surface area contributed by atoms with Crippen molar-refractivity contribution in [1.82, 2.24) is 4.98 Å². The average Bonchev–Trinajstić information content (AvgIpc) is 3.27. The van der Waals surface area contributed by atoms with Gasteiger partial charge >= 0.3 is 5.97 Å². The van der Waals surface area contributed by atoms with Crippen molar-refractivity contribution >= 4 is 11.7 Å². The number of hydrogen-bond donors (Lipinski definition) is 0. The summed E-state index contributed by atoms with van der Waals surface area (Å²) in [4.78, 5) is 22.0. The Bertz CT molecular complexity index is 1380. The molecule has 0 fully saturated rings. The molecule has 3 aromatic carbocycles. The fourth-order valence-corrected chi connectivity index (χ4v) is 3.71. The molecule has 4 aromatic rings. The zero-order valence-corrected chi connectivity index (χ0v) is 21.5. The van der Waals surface area contributed by atoms with Gasteiger partial charge in [0, 0.05) is 16.7 Å². The molecule has 0 aliphatic rings. The summed E-state index contributed by atoms with van der Waals surface area (Å²) in [5, 5.41) is 4.48. The second-order valence-corrected chi connectivity index (χ2v) is 8.54. The van der Waals surface area contributed by atoms with Gasteiger partial charge < -0.3 is 18.7 Å². The third-order valence-electron chi connectivity index (χ3n) is 5.69. The Kier molecular flexibility index (Phi) is 8.36.